The molecule has 0 fully saturated rings. The number of rotatable bonds is 5. The molecule has 0 aliphatic carbocycles. The zero-order valence-electron chi connectivity index (χ0n) is 9.08. The molecule has 1 atom stereocenters. The number of anilines is 1. The van der Waals surface area contributed by atoms with E-state index in [1.165, 1.54) is 6.08 Å². The van der Waals surface area contributed by atoms with Gasteiger partial charge in [0.1, 0.15) is 0 Å². The van der Waals surface area contributed by atoms with Crippen molar-refractivity contribution in [3.05, 3.63) is 40.6 Å². The second-order valence-corrected chi connectivity index (χ2v) is 3.30. The third-order valence-electron chi connectivity index (χ3n) is 2.01. The average molecular weight is 237 g/mol. The van der Waals surface area contributed by atoms with Crippen molar-refractivity contribution in [3.8, 4) is 0 Å². The van der Waals surface area contributed by atoms with Crippen molar-refractivity contribution in [2.45, 2.75) is 13.0 Å². The van der Waals surface area contributed by atoms with Crippen molar-refractivity contribution >= 4 is 17.5 Å². The molecule has 2 N–H and O–H groups in total. The van der Waals surface area contributed by atoms with Crippen molar-refractivity contribution in [1.82, 2.24) is 4.98 Å². The summed E-state index contributed by atoms with van der Waals surface area (Å²) in [5, 5.41) is 22.2. The number of pyridine rings is 1. The lowest BCUT2D eigenvalue weighted by molar-refractivity contribution is -0.384. The molecule has 0 saturated heterocycles. The van der Waals surface area contributed by atoms with Gasteiger partial charge in [0.2, 0.25) is 5.82 Å². The number of hydrogen-bond donors (Lipinski definition) is 2. The Labute approximate surface area is 96.9 Å². The first kappa shape index (κ1) is 12.6. The molecule has 0 aliphatic heterocycles. The minimum atomic E-state index is -1.24. The Balaban J connectivity index is 3.20. The summed E-state index contributed by atoms with van der Waals surface area (Å²) in [6, 6.07) is 1.93. The molecule has 1 aromatic heterocycles. The molecule has 1 unspecified atom stereocenters. The highest BCUT2D eigenvalue weighted by Gasteiger charge is 2.18. The highest BCUT2D eigenvalue weighted by Crippen LogP contribution is 2.22. The first-order valence-electron chi connectivity index (χ1n) is 4.73. The fourth-order valence-corrected chi connectivity index (χ4v) is 1.10. The predicted molar refractivity (Wildman–Crippen MR) is 61.1 cm³/mol. The van der Waals surface area contributed by atoms with Gasteiger partial charge in [-0.15, -0.1) is 6.58 Å². The van der Waals surface area contributed by atoms with Crippen LogP contribution in [0.1, 0.15) is 17.4 Å². The number of carbonyl (C=O) groups is 1. The van der Waals surface area contributed by atoms with E-state index in [-0.39, 0.29) is 23.2 Å². The average Bonchev–Trinajstić information content (AvgIpc) is 2.28. The smallest absolute Gasteiger partial charge is 0.354 e. The van der Waals surface area contributed by atoms with Crippen LogP contribution >= 0.6 is 0 Å². The number of nitro groups is 1. The summed E-state index contributed by atoms with van der Waals surface area (Å²) in [4.78, 5) is 24.5. The Morgan fingerprint density at radius 1 is 1.71 bits per heavy atom. The maximum Gasteiger partial charge on any atom is 0.354 e. The molecular formula is C10H11N3O4. The van der Waals surface area contributed by atoms with E-state index in [0.717, 1.165) is 12.1 Å². The van der Waals surface area contributed by atoms with E-state index < -0.39 is 10.9 Å². The molecule has 0 amide bonds. The van der Waals surface area contributed by atoms with Crippen LogP contribution in [-0.4, -0.2) is 27.0 Å². The Morgan fingerprint density at radius 3 is 2.82 bits per heavy atom. The van der Waals surface area contributed by atoms with Crippen LogP contribution in [0.15, 0.2) is 24.8 Å². The summed E-state index contributed by atoms with van der Waals surface area (Å²) in [6.07, 6.45) is 1.53. The third-order valence-corrected chi connectivity index (χ3v) is 2.01. The molecule has 1 rings (SSSR count). The molecule has 7 nitrogen and oxygen atoms in total. The largest absolute Gasteiger partial charge is 0.477 e. The highest BCUT2D eigenvalue weighted by molar-refractivity contribution is 5.86. The zero-order valence-corrected chi connectivity index (χ0v) is 9.08. The fourth-order valence-electron chi connectivity index (χ4n) is 1.10. The van der Waals surface area contributed by atoms with E-state index in [0.29, 0.717) is 0 Å². The molecule has 90 valence electrons. The van der Waals surface area contributed by atoms with Crippen LogP contribution in [0.3, 0.4) is 0 Å². The number of carboxylic acids is 1. The van der Waals surface area contributed by atoms with Crippen LogP contribution < -0.4 is 5.32 Å². The van der Waals surface area contributed by atoms with Gasteiger partial charge in [0.25, 0.3) is 0 Å². The lowest BCUT2D eigenvalue weighted by atomic mass is 10.3. The molecule has 0 spiro atoms. The van der Waals surface area contributed by atoms with Crippen LogP contribution in [0.25, 0.3) is 0 Å². The van der Waals surface area contributed by atoms with Crippen LogP contribution in [0.2, 0.25) is 0 Å². The second-order valence-electron chi connectivity index (χ2n) is 3.30. The molecular weight excluding hydrogens is 226 g/mol. The molecule has 0 saturated carbocycles. The molecule has 17 heavy (non-hydrogen) atoms. The quantitative estimate of drug-likeness (QED) is 0.458. The van der Waals surface area contributed by atoms with Gasteiger partial charge in [-0.2, -0.15) is 0 Å². The molecule has 0 bridgehead atoms. The van der Waals surface area contributed by atoms with Gasteiger partial charge in [-0.1, -0.05) is 6.08 Å². The number of carboxylic acid groups (broad SMARTS) is 1. The lowest BCUT2D eigenvalue weighted by Crippen LogP contribution is -2.15. The molecule has 1 aromatic rings. The molecule has 0 radical (unpaired) electrons. The normalized spacial score (nSPS) is 11.6. The lowest BCUT2D eigenvalue weighted by Gasteiger charge is -2.10. The van der Waals surface area contributed by atoms with Gasteiger partial charge < -0.3 is 10.4 Å². The van der Waals surface area contributed by atoms with E-state index >= 15 is 0 Å². The third kappa shape index (κ3) is 3.00. The summed E-state index contributed by atoms with van der Waals surface area (Å²) in [5.74, 6) is -1.32. The van der Waals surface area contributed by atoms with E-state index in [1.807, 2.05) is 0 Å². The van der Waals surface area contributed by atoms with Gasteiger partial charge in [0.05, 0.1) is 4.92 Å². The van der Waals surface area contributed by atoms with E-state index in [2.05, 4.69) is 16.9 Å². The topological polar surface area (TPSA) is 105 Å². The Morgan fingerprint density at radius 2 is 2.35 bits per heavy atom. The van der Waals surface area contributed by atoms with Crippen LogP contribution in [0, 0.1) is 10.1 Å². The Bertz CT molecular complexity index is 473. The number of nitrogens with one attached hydrogen (secondary N) is 1. The zero-order chi connectivity index (χ0) is 13.0. The van der Waals surface area contributed by atoms with Gasteiger partial charge in [-0.3, -0.25) is 10.1 Å². The molecule has 0 aromatic carbocycles. The maximum atomic E-state index is 10.7. The van der Waals surface area contributed by atoms with Gasteiger partial charge in [0, 0.05) is 12.1 Å². The van der Waals surface area contributed by atoms with E-state index in [4.69, 9.17) is 5.11 Å². The van der Waals surface area contributed by atoms with E-state index in [9.17, 15) is 14.9 Å². The standard InChI is InChI=1S/C10H11N3O4/c1-3-6(2)11-9-8(13(16)17)5-4-7(12-9)10(14)15/h3-6H,1H2,2H3,(H,11,12)(H,14,15). The van der Waals surface area contributed by atoms with Crippen LogP contribution in [0.4, 0.5) is 11.5 Å². The summed E-state index contributed by atoms with van der Waals surface area (Å²) in [5.41, 5.74) is -0.530. The predicted octanol–water partition coefficient (Wildman–Crippen LogP) is 1.67. The maximum absolute atomic E-state index is 10.7. The summed E-state index contributed by atoms with van der Waals surface area (Å²) in [7, 11) is 0. The second kappa shape index (κ2) is 5.06. The number of hydrogen-bond acceptors (Lipinski definition) is 5. The molecule has 0 aliphatic rings. The summed E-state index contributed by atoms with van der Waals surface area (Å²) in [6.45, 7) is 5.23. The van der Waals surface area contributed by atoms with Crippen molar-refractivity contribution in [2.24, 2.45) is 0 Å². The van der Waals surface area contributed by atoms with Crippen molar-refractivity contribution in [3.63, 3.8) is 0 Å². The van der Waals surface area contributed by atoms with Gasteiger partial charge in [-0.25, -0.2) is 9.78 Å². The van der Waals surface area contributed by atoms with Gasteiger partial charge >= 0.3 is 11.7 Å². The fraction of sp³-hybridized carbons (Fsp3) is 0.200. The van der Waals surface area contributed by atoms with E-state index in [1.54, 1.807) is 6.92 Å². The molecule has 1 heterocycles. The van der Waals surface area contributed by atoms with Gasteiger partial charge in [0.15, 0.2) is 5.69 Å². The van der Waals surface area contributed by atoms with Crippen LogP contribution in [-0.2, 0) is 0 Å². The van der Waals surface area contributed by atoms with Gasteiger partial charge in [-0.05, 0) is 13.0 Å². The number of aromatic nitrogens is 1. The SMILES string of the molecule is C=CC(C)Nc1nc(C(=O)O)ccc1[N+](=O)[O-]. The highest BCUT2D eigenvalue weighted by atomic mass is 16.6. The van der Waals surface area contributed by atoms with Crippen molar-refractivity contribution in [2.75, 3.05) is 5.32 Å². The van der Waals surface area contributed by atoms with Crippen LogP contribution in [0.5, 0.6) is 0 Å². The molecule has 7 heteroatoms. The monoisotopic (exact) mass is 237 g/mol. The Kier molecular flexibility index (Phi) is 3.76. The first-order valence-corrected chi connectivity index (χ1v) is 4.73. The van der Waals surface area contributed by atoms with Crippen molar-refractivity contribution in [1.29, 1.82) is 0 Å². The minimum absolute atomic E-state index is 0.0812. The minimum Gasteiger partial charge on any atom is -0.477 e. The summed E-state index contributed by atoms with van der Waals surface area (Å²) < 4.78 is 0. The number of aromatic carboxylic acids is 1. The Hall–Kier alpha value is -2.44. The first-order chi connectivity index (χ1) is 7.95. The number of nitrogens with zero attached hydrogens (tertiary/aromatic N) is 2. The summed E-state index contributed by atoms with van der Waals surface area (Å²) >= 11 is 0. The van der Waals surface area contributed by atoms with Crippen molar-refractivity contribution < 1.29 is 14.8 Å².